The van der Waals surface area contributed by atoms with E-state index in [0.29, 0.717) is 44.0 Å². The van der Waals surface area contributed by atoms with E-state index < -0.39 is 11.9 Å². The van der Waals surface area contributed by atoms with Crippen LogP contribution in [-0.2, 0) is 17.5 Å². The van der Waals surface area contributed by atoms with Crippen LogP contribution < -0.4 is 9.80 Å². The second-order valence-electron chi connectivity index (χ2n) is 6.01. The van der Waals surface area contributed by atoms with Crippen molar-refractivity contribution in [3.63, 3.8) is 0 Å². The summed E-state index contributed by atoms with van der Waals surface area (Å²) in [7, 11) is 3.25. The van der Waals surface area contributed by atoms with E-state index in [9.17, 15) is 13.2 Å². The van der Waals surface area contributed by atoms with Crippen molar-refractivity contribution in [2.45, 2.75) is 30.0 Å². The van der Waals surface area contributed by atoms with Gasteiger partial charge in [-0.2, -0.15) is 13.2 Å². The fourth-order valence-electron chi connectivity index (χ4n) is 2.54. The van der Waals surface area contributed by atoms with E-state index in [0.717, 1.165) is 17.8 Å². The van der Waals surface area contributed by atoms with E-state index in [4.69, 9.17) is 4.74 Å². The van der Waals surface area contributed by atoms with Crippen LogP contribution >= 0.6 is 11.8 Å². The Bertz CT molecular complexity index is 790. The zero-order chi connectivity index (χ0) is 19.6. The molecule has 8 nitrogen and oxygen atoms in total. The van der Waals surface area contributed by atoms with Crippen molar-refractivity contribution in [2.24, 2.45) is 0 Å². The minimum atomic E-state index is -4.56. The molecule has 1 fully saturated rings. The molecule has 3 heterocycles. The number of alkyl halides is 3. The van der Waals surface area contributed by atoms with Crippen LogP contribution in [0.1, 0.15) is 12.6 Å². The molecule has 148 valence electrons. The molecule has 0 bridgehead atoms. The van der Waals surface area contributed by atoms with Crippen molar-refractivity contribution in [1.29, 1.82) is 0 Å². The van der Waals surface area contributed by atoms with E-state index in [1.54, 1.807) is 14.1 Å². The molecule has 12 heteroatoms. The van der Waals surface area contributed by atoms with Gasteiger partial charge in [-0.3, -0.25) is 4.57 Å². The first kappa shape index (κ1) is 19.7. The number of hydrogen-bond donors (Lipinski definition) is 0. The number of anilines is 2. The van der Waals surface area contributed by atoms with Crippen molar-refractivity contribution in [1.82, 2.24) is 24.7 Å². The minimum Gasteiger partial charge on any atom is -0.378 e. The predicted molar refractivity (Wildman–Crippen MR) is 94.2 cm³/mol. The molecule has 0 aliphatic carbocycles. The Morgan fingerprint density at radius 1 is 1.19 bits per heavy atom. The monoisotopic (exact) mass is 403 g/mol. The van der Waals surface area contributed by atoms with Crippen LogP contribution in [0.4, 0.5) is 24.9 Å². The molecular weight excluding hydrogens is 383 g/mol. The topological polar surface area (TPSA) is 72.2 Å². The average Bonchev–Trinajstić information content (AvgIpc) is 3.04. The van der Waals surface area contributed by atoms with E-state index in [-0.39, 0.29) is 11.0 Å². The number of halogens is 3. The summed E-state index contributed by atoms with van der Waals surface area (Å²) in [6, 6.07) is 0.924. The maximum atomic E-state index is 13.2. The van der Waals surface area contributed by atoms with Crippen LogP contribution in [0.2, 0.25) is 0 Å². The highest BCUT2D eigenvalue weighted by Crippen LogP contribution is 2.33. The molecule has 0 unspecified atom stereocenters. The smallest absolute Gasteiger partial charge is 0.378 e. The lowest BCUT2D eigenvalue weighted by Crippen LogP contribution is -2.38. The highest BCUT2D eigenvalue weighted by molar-refractivity contribution is 7.99. The molecule has 0 spiro atoms. The third-order valence-electron chi connectivity index (χ3n) is 3.93. The summed E-state index contributed by atoms with van der Waals surface area (Å²) in [4.78, 5) is 11.4. The molecule has 2 aromatic rings. The zero-order valence-electron chi connectivity index (χ0n) is 15.2. The average molecular weight is 403 g/mol. The number of ether oxygens (including phenoxy) is 1. The number of aromatic nitrogens is 5. The summed E-state index contributed by atoms with van der Waals surface area (Å²) in [6.07, 6.45) is -4.56. The summed E-state index contributed by atoms with van der Waals surface area (Å²) in [5.74, 6) is 0.846. The van der Waals surface area contributed by atoms with Crippen LogP contribution in [0.3, 0.4) is 0 Å². The highest BCUT2D eigenvalue weighted by atomic mass is 32.2. The van der Waals surface area contributed by atoms with Crippen LogP contribution in [0, 0.1) is 0 Å². The molecular formula is C15H20F3N7OS. The summed E-state index contributed by atoms with van der Waals surface area (Å²) in [6.45, 7) is 5.07. The molecule has 27 heavy (non-hydrogen) atoms. The second kappa shape index (κ2) is 7.89. The van der Waals surface area contributed by atoms with Gasteiger partial charge in [0, 0.05) is 39.8 Å². The number of hydrogen-bond acceptors (Lipinski definition) is 8. The van der Waals surface area contributed by atoms with Gasteiger partial charge in [-0.15, -0.1) is 10.2 Å². The third-order valence-corrected chi connectivity index (χ3v) is 4.78. The first-order chi connectivity index (χ1) is 12.8. The predicted octanol–water partition coefficient (Wildman–Crippen LogP) is 2.16. The van der Waals surface area contributed by atoms with E-state index in [1.807, 2.05) is 16.4 Å². The zero-order valence-corrected chi connectivity index (χ0v) is 16.0. The molecule has 2 aromatic heterocycles. The Kier molecular flexibility index (Phi) is 5.75. The summed E-state index contributed by atoms with van der Waals surface area (Å²) < 4.78 is 46.7. The fraction of sp³-hybridized carbons (Fsp3) is 0.600. The lowest BCUT2D eigenvalue weighted by Gasteiger charge is -2.27. The Morgan fingerprint density at radius 3 is 2.48 bits per heavy atom. The van der Waals surface area contributed by atoms with Gasteiger partial charge in [0.15, 0.2) is 16.0 Å². The molecule has 1 aliphatic rings. The van der Waals surface area contributed by atoms with Gasteiger partial charge in [-0.05, 0) is 18.7 Å². The van der Waals surface area contributed by atoms with Crippen LogP contribution in [0.5, 0.6) is 0 Å². The molecule has 0 saturated carbocycles. The first-order valence-corrected chi connectivity index (χ1v) is 9.18. The number of nitrogens with zero attached hydrogens (tertiary/aromatic N) is 7. The number of rotatable bonds is 5. The van der Waals surface area contributed by atoms with Gasteiger partial charge < -0.3 is 14.5 Å². The largest absolute Gasteiger partial charge is 0.433 e. The Morgan fingerprint density at radius 2 is 1.89 bits per heavy atom. The Hall–Kier alpha value is -2.08. The van der Waals surface area contributed by atoms with Crippen LogP contribution in [0.25, 0.3) is 0 Å². The van der Waals surface area contributed by atoms with Crippen LogP contribution in [0.15, 0.2) is 16.4 Å². The molecule has 0 radical (unpaired) electrons. The van der Waals surface area contributed by atoms with Crippen molar-refractivity contribution in [2.75, 3.05) is 50.2 Å². The van der Waals surface area contributed by atoms with Gasteiger partial charge in [-0.1, -0.05) is 0 Å². The SMILES string of the molecule is CCn1c(Sc2nc(N(C)C)cc(C(F)(F)F)n2)nnc1N1CCOCC1. The van der Waals surface area contributed by atoms with Gasteiger partial charge in [0.2, 0.25) is 5.95 Å². The van der Waals surface area contributed by atoms with Gasteiger partial charge in [0.1, 0.15) is 5.82 Å². The third kappa shape index (κ3) is 4.43. The lowest BCUT2D eigenvalue weighted by molar-refractivity contribution is -0.141. The van der Waals surface area contributed by atoms with Gasteiger partial charge in [-0.25, -0.2) is 9.97 Å². The van der Waals surface area contributed by atoms with Crippen molar-refractivity contribution in [3.8, 4) is 0 Å². The number of morpholine rings is 1. The molecule has 0 aromatic carbocycles. The van der Waals surface area contributed by atoms with Gasteiger partial charge in [0.05, 0.1) is 13.2 Å². The molecule has 0 atom stereocenters. The summed E-state index contributed by atoms with van der Waals surface area (Å²) in [5, 5.41) is 8.78. The highest BCUT2D eigenvalue weighted by Gasteiger charge is 2.34. The molecule has 1 aliphatic heterocycles. The maximum absolute atomic E-state index is 13.2. The molecule has 0 N–H and O–H groups in total. The van der Waals surface area contributed by atoms with E-state index >= 15 is 0 Å². The molecule has 1 saturated heterocycles. The van der Waals surface area contributed by atoms with Gasteiger partial charge in [0.25, 0.3) is 0 Å². The lowest BCUT2D eigenvalue weighted by atomic mass is 10.4. The van der Waals surface area contributed by atoms with E-state index in [2.05, 4.69) is 20.2 Å². The Balaban J connectivity index is 1.93. The van der Waals surface area contributed by atoms with Crippen molar-refractivity contribution in [3.05, 3.63) is 11.8 Å². The normalized spacial score (nSPS) is 15.3. The summed E-state index contributed by atoms with van der Waals surface area (Å²) in [5.41, 5.74) is -0.986. The van der Waals surface area contributed by atoms with Crippen molar-refractivity contribution < 1.29 is 17.9 Å². The molecule has 0 amide bonds. The maximum Gasteiger partial charge on any atom is 0.433 e. The Labute approximate surface area is 158 Å². The quantitative estimate of drug-likeness (QED) is 0.704. The first-order valence-electron chi connectivity index (χ1n) is 8.37. The van der Waals surface area contributed by atoms with Crippen molar-refractivity contribution >= 4 is 23.5 Å². The minimum absolute atomic E-state index is 0.0239. The molecule has 3 rings (SSSR count). The second-order valence-corrected chi connectivity index (χ2v) is 6.95. The van der Waals surface area contributed by atoms with E-state index in [1.165, 1.54) is 4.90 Å². The summed E-state index contributed by atoms with van der Waals surface area (Å²) >= 11 is 0.968. The standard InChI is InChI=1S/C15H20F3N7OS/c1-4-25-13(24-5-7-26-8-6-24)21-22-14(25)27-12-19-10(15(16,17)18)9-11(20-12)23(2)3/h9H,4-8H2,1-3H3. The van der Waals surface area contributed by atoms with Gasteiger partial charge >= 0.3 is 6.18 Å². The van der Waals surface area contributed by atoms with Crippen LogP contribution in [-0.4, -0.2) is 65.1 Å². The fourth-order valence-corrected chi connectivity index (χ4v) is 3.39.